The molecule has 2 aromatic carbocycles. The van der Waals surface area contributed by atoms with Crippen LogP contribution < -0.4 is 14.4 Å². The first-order chi connectivity index (χ1) is 14.2. The lowest BCUT2D eigenvalue weighted by molar-refractivity contribution is 0.0984. The molecule has 29 heavy (non-hydrogen) atoms. The van der Waals surface area contributed by atoms with Crippen LogP contribution in [-0.2, 0) is 6.54 Å². The molecule has 7 heteroatoms. The number of amides is 1. The van der Waals surface area contributed by atoms with Crippen molar-refractivity contribution in [2.75, 3.05) is 11.7 Å². The van der Waals surface area contributed by atoms with Crippen LogP contribution in [-0.4, -0.2) is 22.7 Å². The summed E-state index contributed by atoms with van der Waals surface area (Å²) in [4.78, 5) is 24.3. The highest BCUT2D eigenvalue weighted by atomic mass is 32.1. The maximum atomic E-state index is 13.5. The van der Waals surface area contributed by atoms with Gasteiger partial charge < -0.3 is 9.47 Å². The third-order valence-electron chi connectivity index (χ3n) is 4.75. The van der Waals surface area contributed by atoms with Crippen LogP contribution >= 0.6 is 11.3 Å². The summed E-state index contributed by atoms with van der Waals surface area (Å²) in [7, 11) is 0. The van der Waals surface area contributed by atoms with E-state index in [4.69, 9.17) is 14.5 Å². The van der Waals surface area contributed by atoms with Crippen molar-refractivity contribution in [1.82, 2.24) is 9.97 Å². The van der Waals surface area contributed by atoms with E-state index in [0.717, 1.165) is 21.5 Å². The number of ether oxygens (including phenoxy) is 2. The molecule has 0 bridgehead atoms. The Labute approximate surface area is 171 Å². The molecule has 4 aromatic rings. The molecule has 3 heterocycles. The van der Waals surface area contributed by atoms with E-state index in [1.54, 1.807) is 29.3 Å². The Kier molecular flexibility index (Phi) is 4.37. The zero-order valence-electron chi connectivity index (χ0n) is 15.7. The van der Waals surface area contributed by atoms with Crippen molar-refractivity contribution in [3.63, 3.8) is 0 Å². The van der Waals surface area contributed by atoms with Crippen LogP contribution in [0.3, 0.4) is 0 Å². The Bertz CT molecular complexity index is 1210. The number of hydrogen-bond donors (Lipinski definition) is 0. The molecule has 0 saturated heterocycles. The Morgan fingerprint density at radius 3 is 2.83 bits per heavy atom. The van der Waals surface area contributed by atoms with Gasteiger partial charge in [0.15, 0.2) is 16.6 Å². The third kappa shape index (κ3) is 3.30. The molecule has 0 radical (unpaired) electrons. The highest BCUT2D eigenvalue weighted by Gasteiger charge is 2.24. The van der Waals surface area contributed by atoms with Gasteiger partial charge in [0.1, 0.15) is 0 Å². The number of rotatable bonds is 4. The fraction of sp³-hybridized carbons (Fsp3) is 0.136. The number of aryl methyl sites for hydroxylation is 1. The number of thiazole rings is 1. The summed E-state index contributed by atoms with van der Waals surface area (Å²) in [5.41, 5.74) is 3.30. The minimum Gasteiger partial charge on any atom is -0.454 e. The number of benzene rings is 2. The van der Waals surface area contributed by atoms with Gasteiger partial charge in [0.2, 0.25) is 6.79 Å². The lowest BCUT2D eigenvalue weighted by Gasteiger charge is -2.19. The first kappa shape index (κ1) is 17.6. The van der Waals surface area contributed by atoms with Crippen molar-refractivity contribution in [2.45, 2.75) is 13.5 Å². The van der Waals surface area contributed by atoms with Crippen molar-refractivity contribution in [3.8, 4) is 11.5 Å². The smallest absolute Gasteiger partial charge is 0.260 e. The summed E-state index contributed by atoms with van der Waals surface area (Å²) in [6, 6.07) is 16.9. The average molecular weight is 403 g/mol. The number of aromatic nitrogens is 2. The molecule has 0 N–H and O–H groups in total. The van der Waals surface area contributed by atoms with Gasteiger partial charge in [0.25, 0.3) is 5.91 Å². The van der Waals surface area contributed by atoms with Crippen LogP contribution in [0.2, 0.25) is 0 Å². The second-order valence-electron chi connectivity index (χ2n) is 6.70. The predicted octanol–water partition coefficient (Wildman–Crippen LogP) is 4.58. The molecule has 6 nitrogen and oxygen atoms in total. The first-order valence-electron chi connectivity index (χ1n) is 9.16. The van der Waals surface area contributed by atoms with Gasteiger partial charge in [-0.15, -0.1) is 0 Å². The lowest BCUT2D eigenvalue weighted by atomic mass is 10.1. The fourth-order valence-corrected chi connectivity index (χ4v) is 4.30. The van der Waals surface area contributed by atoms with Crippen molar-refractivity contribution in [1.29, 1.82) is 0 Å². The van der Waals surface area contributed by atoms with Crippen LogP contribution in [0, 0.1) is 6.92 Å². The van der Waals surface area contributed by atoms with Gasteiger partial charge in [0.05, 0.1) is 22.5 Å². The molecular weight excluding hydrogens is 386 g/mol. The van der Waals surface area contributed by atoms with Crippen molar-refractivity contribution < 1.29 is 14.3 Å². The number of para-hydroxylation sites is 1. The lowest BCUT2D eigenvalue weighted by Crippen LogP contribution is -2.30. The van der Waals surface area contributed by atoms with Gasteiger partial charge in [-0.05, 0) is 48.9 Å². The Morgan fingerprint density at radius 2 is 2.00 bits per heavy atom. The summed E-state index contributed by atoms with van der Waals surface area (Å²) >= 11 is 1.50. The molecular formula is C22H17N3O3S. The second kappa shape index (κ2) is 7.18. The van der Waals surface area contributed by atoms with Crippen LogP contribution in [0.15, 0.2) is 60.8 Å². The predicted molar refractivity (Wildman–Crippen MR) is 112 cm³/mol. The number of pyridine rings is 1. The van der Waals surface area contributed by atoms with Crippen LogP contribution in [0.4, 0.5) is 5.13 Å². The van der Waals surface area contributed by atoms with E-state index < -0.39 is 0 Å². The molecule has 0 saturated carbocycles. The van der Waals surface area contributed by atoms with E-state index in [1.807, 2.05) is 43.3 Å². The first-order valence-corrected chi connectivity index (χ1v) is 9.98. The minimum atomic E-state index is -0.161. The molecule has 0 fully saturated rings. The van der Waals surface area contributed by atoms with Gasteiger partial charge in [-0.25, -0.2) is 4.98 Å². The van der Waals surface area contributed by atoms with Crippen LogP contribution in [0.5, 0.6) is 11.5 Å². The number of hydrogen-bond acceptors (Lipinski definition) is 6. The maximum Gasteiger partial charge on any atom is 0.260 e. The third-order valence-corrected chi connectivity index (χ3v) is 5.79. The van der Waals surface area contributed by atoms with E-state index in [1.165, 1.54) is 11.3 Å². The van der Waals surface area contributed by atoms with Crippen LogP contribution in [0.25, 0.3) is 10.2 Å². The summed E-state index contributed by atoms with van der Waals surface area (Å²) in [6.45, 7) is 2.52. The van der Waals surface area contributed by atoms with Crippen molar-refractivity contribution >= 4 is 32.6 Å². The van der Waals surface area contributed by atoms with Crippen molar-refractivity contribution in [3.05, 3.63) is 77.6 Å². The topological polar surface area (TPSA) is 64.6 Å². The average Bonchev–Trinajstić information content (AvgIpc) is 3.39. The summed E-state index contributed by atoms with van der Waals surface area (Å²) in [5, 5.41) is 0.641. The fourth-order valence-electron chi connectivity index (χ4n) is 3.26. The van der Waals surface area contributed by atoms with E-state index in [9.17, 15) is 4.79 Å². The molecule has 144 valence electrons. The SMILES string of the molecule is Cc1cccc2sc(N(Cc3ccccn3)C(=O)c3ccc4c(c3)OCO4)nc12. The van der Waals surface area contributed by atoms with E-state index in [0.29, 0.717) is 28.7 Å². The highest BCUT2D eigenvalue weighted by molar-refractivity contribution is 7.22. The number of anilines is 1. The van der Waals surface area contributed by atoms with Gasteiger partial charge in [0, 0.05) is 11.8 Å². The van der Waals surface area contributed by atoms with Crippen LogP contribution in [0.1, 0.15) is 21.6 Å². The molecule has 2 aromatic heterocycles. The molecule has 0 spiro atoms. The number of nitrogens with zero attached hydrogens (tertiary/aromatic N) is 3. The molecule has 0 atom stereocenters. The highest BCUT2D eigenvalue weighted by Crippen LogP contribution is 2.35. The zero-order valence-corrected chi connectivity index (χ0v) is 16.5. The van der Waals surface area contributed by atoms with Gasteiger partial charge in [-0.3, -0.25) is 14.7 Å². The van der Waals surface area contributed by atoms with Gasteiger partial charge in [-0.2, -0.15) is 0 Å². The minimum absolute atomic E-state index is 0.161. The molecule has 1 aliphatic rings. The van der Waals surface area contributed by atoms with E-state index in [2.05, 4.69) is 4.98 Å². The Hall–Kier alpha value is -3.45. The van der Waals surface area contributed by atoms with E-state index >= 15 is 0 Å². The monoisotopic (exact) mass is 403 g/mol. The number of carbonyl (C=O) groups excluding carboxylic acids is 1. The second-order valence-corrected chi connectivity index (χ2v) is 7.71. The quantitative estimate of drug-likeness (QED) is 0.499. The summed E-state index contributed by atoms with van der Waals surface area (Å²) in [5.74, 6) is 1.06. The Balaban J connectivity index is 1.57. The largest absolute Gasteiger partial charge is 0.454 e. The molecule has 5 rings (SSSR count). The normalized spacial score (nSPS) is 12.3. The zero-order chi connectivity index (χ0) is 19.8. The molecule has 1 aliphatic heterocycles. The Morgan fingerprint density at radius 1 is 1.10 bits per heavy atom. The summed E-state index contributed by atoms with van der Waals surface area (Å²) < 4.78 is 11.8. The molecule has 0 unspecified atom stereocenters. The summed E-state index contributed by atoms with van der Waals surface area (Å²) in [6.07, 6.45) is 1.72. The van der Waals surface area contributed by atoms with Gasteiger partial charge >= 0.3 is 0 Å². The molecule has 1 amide bonds. The number of carbonyl (C=O) groups is 1. The van der Waals surface area contributed by atoms with Crippen molar-refractivity contribution in [2.24, 2.45) is 0 Å². The molecule has 0 aliphatic carbocycles. The van der Waals surface area contributed by atoms with E-state index in [-0.39, 0.29) is 12.7 Å². The number of fused-ring (bicyclic) bond motifs is 2. The standard InChI is InChI=1S/C22H17N3O3S/c1-14-5-4-7-19-20(14)24-22(29-19)25(12-16-6-2-3-10-23-16)21(26)15-8-9-17-18(11-15)28-13-27-17/h2-11H,12-13H2,1H3. The maximum absolute atomic E-state index is 13.5. The van der Waals surface area contributed by atoms with Gasteiger partial charge in [-0.1, -0.05) is 29.5 Å².